The maximum atomic E-state index is 12.4. The van der Waals surface area contributed by atoms with Crippen LogP contribution in [0.5, 0.6) is 0 Å². The summed E-state index contributed by atoms with van der Waals surface area (Å²) in [6.45, 7) is 4.48. The smallest absolute Gasteiger partial charge is 0.244 e. The van der Waals surface area contributed by atoms with E-state index in [0.717, 1.165) is 19.3 Å². The van der Waals surface area contributed by atoms with Gasteiger partial charge in [-0.3, -0.25) is 10.1 Å². The molecule has 3 aliphatic rings. The number of rotatable bonds is 3. The highest BCUT2D eigenvalue weighted by atomic mass is 16.2. The van der Waals surface area contributed by atoms with Gasteiger partial charge in [-0.25, -0.2) is 0 Å². The number of nitrogens with zero attached hydrogens (tertiary/aromatic N) is 1. The Morgan fingerprint density at radius 2 is 2.12 bits per heavy atom. The average molecular weight is 222 g/mol. The van der Waals surface area contributed by atoms with Crippen molar-refractivity contribution in [1.29, 1.82) is 0 Å². The lowest BCUT2D eigenvalue weighted by Crippen LogP contribution is -2.48. The Hall–Kier alpha value is -0.570. The lowest BCUT2D eigenvalue weighted by molar-refractivity contribution is -0.134. The second kappa shape index (κ2) is 3.46. The Morgan fingerprint density at radius 3 is 2.56 bits per heavy atom. The van der Waals surface area contributed by atoms with E-state index in [1.165, 1.54) is 19.3 Å². The van der Waals surface area contributed by atoms with Crippen LogP contribution in [0.4, 0.5) is 0 Å². The zero-order chi connectivity index (χ0) is 11.3. The third-order valence-electron chi connectivity index (χ3n) is 4.34. The number of nitrogens with one attached hydrogen (secondary N) is 1. The average Bonchev–Trinajstić information content (AvgIpc) is 2.84. The Kier molecular flexibility index (Phi) is 2.29. The number of amides is 1. The van der Waals surface area contributed by atoms with Crippen molar-refractivity contribution >= 4 is 5.91 Å². The van der Waals surface area contributed by atoms with Crippen LogP contribution in [0.3, 0.4) is 0 Å². The molecule has 1 amide bonds. The first-order valence-electron chi connectivity index (χ1n) is 6.73. The summed E-state index contributed by atoms with van der Waals surface area (Å²) in [7, 11) is 0. The van der Waals surface area contributed by atoms with Crippen molar-refractivity contribution in [3.05, 3.63) is 0 Å². The molecule has 1 aliphatic heterocycles. The molecule has 0 radical (unpaired) electrons. The summed E-state index contributed by atoms with van der Waals surface area (Å²) in [4.78, 5) is 14.6. The first kappa shape index (κ1) is 10.6. The first-order chi connectivity index (χ1) is 7.62. The monoisotopic (exact) mass is 222 g/mol. The van der Waals surface area contributed by atoms with E-state index in [4.69, 9.17) is 0 Å². The minimum Gasteiger partial charge on any atom is -0.323 e. The number of hydrogen-bond acceptors (Lipinski definition) is 2. The molecule has 16 heavy (non-hydrogen) atoms. The molecule has 1 N–H and O–H groups in total. The van der Waals surface area contributed by atoms with Gasteiger partial charge in [0.2, 0.25) is 5.91 Å². The van der Waals surface area contributed by atoms with Crippen molar-refractivity contribution in [2.24, 2.45) is 5.92 Å². The lowest BCUT2D eigenvalue weighted by Gasteiger charge is -2.38. The zero-order valence-electron chi connectivity index (χ0n) is 10.3. The van der Waals surface area contributed by atoms with Gasteiger partial charge < -0.3 is 4.90 Å². The highest BCUT2D eigenvalue weighted by Gasteiger charge is 2.60. The van der Waals surface area contributed by atoms with Crippen LogP contribution < -0.4 is 5.32 Å². The van der Waals surface area contributed by atoms with Crippen molar-refractivity contribution in [3.8, 4) is 0 Å². The van der Waals surface area contributed by atoms with E-state index >= 15 is 0 Å². The van der Waals surface area contributed by atoms with E-state index in [9.17, 15) is 4.79 Å². The number of carbonyl (C=O) groups excluding carboxylic acids is 1. The Balaban J connectivity index is 1.77. The molecular weight excluding hydrogens is 200 g/mol. The fourth-order valence-electron chi connectivity index (χ4n) is 3.03. The fraction of sp³-hybridized carbons (Fsp3) is 0.923. The van der Waals surface area contributed by atoms with Gasteiger partial charge in [-0.15, -0.1) is 0 Å². The van der Waals surface area contributed by atoms with Crippen LogP contribution in [0.2, 0.25) is 0 Å². The molecular formula is C13H22N2O. The van der Waals surface area contributed by atoms with E-state index < -0.39 is 0 Å². The topological polar surface area (TPSA) is 32.3 Å². The summed E-state index contributed by atoms with van der Waals surface area (Å²) >= 11 is 0. The van der Waals surface area contributed by atoms with Crippen molar-refractivity contribution < 1.29 is 4.79 Å². The Morgan fingerprint density at radius 1 is 1.44 bits per heavy atom. The lowest BCUT2D eigenvalue weighted by atomic mass is 9.90. The van der Waals surface area contributed by atoms with Crippen LogP contribution in [-0.4, -0.2) is 28.6 Å². The molecule has 3 heteroatoms. The predicted molar refractivity (Wildman–Crippen MR) is 62.8 cm³/mol. The molecule has 1 saturated heterocycles. The number of hydrogen-bond donors (Lipinski definition) is 1. The number of carbonyl (C=O) groups is 1. The van der Waals surface area contributed by atoms with Crippen molar-refractivity contribution in [1.82, 2.24) is 10.2 Å². The van der Waals surface area contributed by atoms with Crippen LogP contribution >= 0.6 is 0 Å². The van der Waals surface area contributed by atoms with Crippen LogP contribution in [0.1, 0.15) is 52.4 Å². The third-order valence-corrected chi connectivity index (χ3v) is 4.34. The molecule has 1 spiro atoms. The van der Waals surface area contributed by atoms with Crippen LogP contribution in [0.15, 0.2) is 0 Å². The van der Waals surface area contributed by atoms with E-state index in [2.05, 4.69) is 24.1 Å². The van der Waals surface area contributed by atoms with Crippen LogP contribution in [-0.2, 0) is 4.79 Å². The quantitative estimate of drug-likeness (QED) is 0.790. The molecule has 90 valence electrons. The van der Waals surface area contributed by atoms with Gasteiger partial charge in [-0.2, -0.15) is 0 Å². The molecule has 0 aromatic rings. The summed E-state index contributed by atoms with van der Waals surface area (Å²) < 4.78 is 0. The highest BCUT2D eigenvalue weighted by Crippen LogP contribution is 2.45. The minimum atomic E-state index is -0.116. The molecule has 0 aromatic carbocycles. The third kappa shape index (κ3) is 1.48. The minimum absolute atomic E-state index is 0.116. The van der Waals surface area contributed by atoms with E-state index in [1.807, 2.05) is 0 Å². The van der Waals surface area contributed by atoms with Crippen molar-refractivity contribution in [2.45, 2.75) is 70.1 Å². The molecule has 1 heterocycles. The first-order valence-corrected chi connectivity index (χ1v) is 6.73. The van der Waals surface area contributed by atoms with Gasteiger partial charge in [0, 0.05) is 6.04 Å². The molecule has 0 aromatic heterocycles. The fourth-order valence-corrected chi connectivity index (χ4v) is 3.03. The van der Waals surface area contributed by atoms with Gasteiger partial charge in [0.25, 0.3) is 0 Å². The van der Waals surface area contributed by atoms with Gasteiger partial charge in [-0.1, -0.05) is 13.8 Å². The molecule has 0 bridgehead atoms. The van der Waals surface area contributed by atoms with Gasteiger partial charge in [-0.05, 0) is 44.4 Å². The summed E-state index contributed by atoms with van der Waals surface area (Å²) in [5.41, 5.74) is -0.116. The summed E-state index contributed by atoms with van der Waals surface area (Å²) in [6.07, 6.45) is 7.28. The second-order valence-corrected chi connectivity index (χ2v) is 6.17. The maximum Gasteiger partial charge on any atom is 0.244 e. The molecule has 2 aliphatic carbocycles. The van der Waals surface area contributed by atoms with Crippen LogP contribution in [0.25, 0.3) is 0 Å². The van der Waals surface area contributed by atoms with Gasteiger partial charge in [0.05, 0.1) is 11.7 Å². The van der Waals surface area contributed by atoms with Crippen LogP contribution in [0, 0.1) is 5.92 Å². The zero-order valence-corrected chi connectivity index (χ0v) is 10.3. The molecule has 3 nitrogen and oxygen atoms in total. The maximum absolute atomic E-state index is 12.4. The van der Waals surface area contributed by atoms with E-state index in [-0.39, 0.29) is 5.54 Å². The van der Waals surface area contributed by atoms with E-state index in [0.29, 0.717) is 24.0 Å². The molecule has 1 atom stereocenters. The standard InChI is InChI=1S/C13H22N2O/c1-9(2)8-11-14-13(6-7-13)12(16)15(11)10-4-3-5-10/h9-11,14H,3-8H2,1-2H3. The van der Waals surface area contributed by atoms with Crippen molar-refractivity contribution in [3.63, 3.8) is 0 Å². The summed E-state index contributed by atoms with van der Waals surface area (Å²) in [5.74, 6) is 1.06. The normalized spacial score (nSPS) is 32.6. The Labute approximate surface area is 97.6 Å². The molecule has 3 fully saturated rings. The van der Waals surface area contributed by atoms with Gasteiger partial charge >= 0.3 is 0 Å². The summed E-state index contributed by atoms with van der Waals surface area (Å²) in [6, 6.07) is 0.545. The SMILES string of the molecule is CC(C)CC1NC2(CC2)C(=O)N1C1CCC1. The van der Waals surface area contributed by atoms with Crippen molar-refractivity contribution in [2.75, 3.05) is 0 Å². The summed E-state index contributed by atoms with van der Waals surface area (Å²) in [5, 5.41) is 3.60. The molecule has 1 unspecified atom stereocenters. The molecule has 3 rings (SSSR count). The largest absolute Gasteiger partial charge is 0.323 e. The Bertz CT molecular complexity index is 305. The van der Waals surface area contributed by atoms with E-state index in [1.54, 1.807) is 0 Å². The molecule has 2 saturated carbocycles. The van der Waals surface area contributed by atoms with Gasteiger partial charge in [0.15, 0.2) is 0 Å². The van der Waals surface area contributed by atoms with Gasteiger partial charge in [0.1, 0.15) is 0 Å². The predicted octanol–water partition coefficient (Wildman–Crippen LogP) is 1.88. The second-order valence-electron chi connectivity index (χ2n) is 6.17. The highest BCUT2D eigenvalue weighted by molar-refractivity contribution is 5.92.